The van der Waals surface area contributed by atoms with E-state index in [0.29, 0.717) is 11.3 Å². The summed E-state index contributed by atoms with van der Waals surface area (Å²) in [6.07, 6.45) is 0. The first-order valence-electron chi connectivity index (χ1n) is 8.75. The van der Waals surface area contributed by atoms with Gasteiger partial charge in [0.15, 0.2) is 16.4 Å². The predicted octanol–water partition coefficient (Wildman–Crippen LogP) is 3.77. The summed E-state index contributed by atoms with van der Waals surface area (Å²) in [5.74, 6) is 0.210. The predicted molar refractivity (Wildman–Crippen MR) is 110 cm³/mol. The third-order valence-electron chi connectivity index (χ3n) is 4.20. The van der Waals surface area contributed by atoms with Gasteiger partial charge in [0.2, 0.25) is 0 Å². The summed E-state index contributed by atoms with van der Waals surface area (Å²) < 4.78 is 31.9. The second-order valence-electron chi connectivity index (χ2n) is 6.28. The molecule has 3 rings (SSSR count). The van der Waals surface area contributed by atoms with Crippen molar-refractivity contribution in [3.8, 4) is 5.75 Å². The second kappa shape index (κ2) is 9.03. The number of para-hydroxylation sites is 1. The van der Waals surface area contributed by atoms with Crippen molar-refractivity contribution in [1.82, 2.24) is 5.32 Å². The van der Waals surface area contributed by atoms with Gasteiger partial charge in [-0.25, -0.2) is 8.42 Å². The molecular formula is C21H21NO4S2. The number of aryl methyl sites for hydroxylation is 1. The molecule has 3 aromatic rings. The zero-order valence-electron chi connectivity index (χ0n) is 15.4. The largest absolute Gasteiger partial charge is 0.484 e. The van der Waals surface area contributed by atoms with Crippen LogP contribution in [-0.4, -0.2) is 27.5 Å². The molecule has 1 aromatic heterocycles. The Morgan fingerprint density at radius 3 is 2.39 bits per heavy atom. The minimum Gasteiger partial charge on any atom is -0.484 e. The van der Waals surface area contributed by atoms with Gasteiger partial charge < -0.3 is 10.1 Å². The first kappa shape index (κ1) is 20.1. The second-order valence-corrected chi connectivity index (χ2v) is 9.59. The van der Waals surface area contributed by atoms with Crippen LogP contribution in [0.15, 0.2) is 76.3 Å². The normalized spacial score (nSPS) is 12.3. The van der Waals surface area contributed by atoms with E-state index in [-0.39, 0.29) is 23.3 Å². The number of rotatable bonds is 8. The summed E-state index contributed by atoms with van der Waals surface area (Å²) in [5, 5.41) is 3.56. The highest BCUT2D eigenvalue weighted by molar-refractivity contribution is 7.93. The lowest BCUT2D eigenvalue weighted by molar-refractivity contribution is -0.123. The topological polar surface area (TPSA) is 72.5 Å². The molecule has 1 atom stereocenters. The van der Waals surface area contributed by atoms with Gasteiger partial charge >= 0.3 is 0 Å². The van der Waals surface area contributed by atoms with Gasteiger partial charge in [-0.3, -0.25) is 4.79 Å². The molecule has 1 N–H and O–H groups in total. The third kappa shape index (κ3) is 4.99. The first-order valence-corrected chi connectivity index (χ1v) is 11.2. The van der Waals surface area contributed by atoms with Crippen LogP contribution in [0.4, 0.5) is 0 Å². The highest BCUT2D eigenvalue weighted by atomic mass is 32.2. The van der Waals surface area contributed by atoms with Crippen LogP contribution >= 0.6 is 11.3 Å². The molecule has 28 heavy (non-hydrogen) atoms. The smallest absolute Gasteiger partial charge is 0.257 e. The maximum absolute atomic E-state index is 13.1. The number of benzene rings is 2. The summed E-state index contributed by atoms with van der Waals surface area (Å²) in [5.41, 5.74) is 1.68. The zero-order valence-corrected chi connectivity index (χ0v) is 17.0. The monoisotopic (exact) mass is 415 g/mol. The SMILES string of the molecule is Cc1ccc([C@H](CNC(=O)COc2ccccc2)S(=O)(=O)c2cccs2)cc1. The number of nitrogens with one attached hydrogen (secondary N) is 1. The number of carbonyl (C=O) groups excluding carboxylic acids is 1. The molecule has 0 aliphatic heterocycles. The summed E-state index contributed by atoms with van der Waals surface area (Å²) in [6.45, 7) is 1.74. The number of hydrogen-bond donors (Lipinski definition) is 1. The Kier molecular flexibility index (Phi) is 6.49. The fourth-order valence-electron chi connectivity index (χ4n) is 2.68. The minimum atomic E-state index is -3.62. The Morgan fingerprint density at radius 2 is 1.75 bits per heavy atom. The molecule has 0 radical (unpaired) electrons. The van der Waals surface area contributed by atoms with E-state index in [1.54, 1.807) is 41.8 Å². The van der Waals surface area contributed by atoms with Gasteiger partial charge in [-0.05, 0) is 36.1 Å². The van der Waals surface area contributed by atoms with Crippen molar-refractivity contribution in [2.75, 3.05) is 13.2 Å². The Balaban J connectivity index is 1.72. The zero-order chi connectivity index (χ0) is 20.0. The van der Waals surface area contributed by atoms with Crippen LogP contribution in [0.5, 0.6) is 5.75 Å². The van der Waals surface area contributed by atoms with E-state index in [1.165, 1.54) is 11.3 Å². The molecule has 0 bridgehead atoms. The average Bonchev–Trinajstić information content (AvgIpc) is 3.24. The molecule has 0 spiro atoms. The lowest BCUT2D eigenvalue weighted by atomic mass is 10.1. The van der Waals surface area contributed by atoms with Gasteiger partial charge in [0, 0.05) is 6.54 Å². The Bertz CT molecular complexity index is 998. The molecule has 0 aliphatic carbocycles. The summed E-state index contributed by atoms with van der Waals surface area (Å²) in [7, 11) is -3.62. The van der Waals surface area contributed by atoms with E-state index in [9.17, 15) is 13.2 Å². The van der Waals surface area contributed by atoms with Crippen molar-refractivity contribution < 1.29 is 17.9 Å². The maximum atomic E-state index is 13.1. The molecular weight excluding hydrogens is 394 g/mol. The van der Waals surface area contributed by atoms with Gasteiger partial charge in [-0.2, -0.15) is 0 Å². The molecule has 146 valence electrons. The molecule has 5 nitrogen and oxygen atoms in total. The fraction of sp³-hybridized carbons (Fsp3) is 0.190. The standard InChI is InChI=1S/C21H21NO4S2/c1-16-9-11-17(12-10-16)19(28(24,25)21-8-5-13-27-21)14-22-20(23)15-26-18-6-3-2-4-7-18/h2-13,19H,14-15H2,1H3,(H,22,23)/t19-/m0/s1. The van der Waals surface area contributed by atoms with Crippen molar-refractivity contribution in [3.05, 3.63) is 83.2 Å². The van der Waals surface area contributed by atoms with E-state index in [1.807, 2.05) is 37.3 Å². The van der Waals surface area contributed by atoms with Crippen molar-refractivity contribution in [3.63, 3.8) is 0 Å². The molecule has 1 amide bonds. The highest BCUT2D eigenvalue weighted by Crippen LogP contribution is 2.31. The van der Waals surface area contributed by atoms with Crippen LogP contribution in [0.3, 0.4) is 0 Å². The van der Waals surface area contributed by atoms with E-state index in [4.69, 9.17) is 4.74 Å². The molecule has 0 saturated carbocycles. The number of ether oxygens (including phenoxy) is 1. The van der Waals surface area contributed by atoms with Crippen LogP contribution in [0.1, 0.15) is 16.4 Å². The van der Waals surface area contributed by atoms with E-state index in [0.717, 1.165) is 5.56 Å². The molecule has 0 fully saturated rings. The average molecular weight is 416 g/mol. The lowest BCUT2D eigenvalue weighted by Gasteiger charge is -2.18. The summed E-state index contributed by atoms with van der Waals surface area (Å²) in [4.78, 5) is 12.2. The van der Waals surface area contributed by atoms with E-state index in [2.05, 4.69) is 5.32 Å². The number of amides is 1. The molecule has 0 aliphatic rings. The number of thiophene rings is 1. The molecule has 0 saturated heterocycles. The van der Waals surface area contributed by atoms with Gasteiger partial charge in [0.05, 0.1) is 0 Å². The molecule has 0 unspecified atom stereocenters. The Hall–Kier alpha value is -2.64. The van der Waals surface area contributed by atoms with Crippen molar-refractivity contribution in [1.29, 1.82) is 0 Å². The van der Waals surface area contributed by atoms with Crippen molar-refractivity contribution >= 4 is 27.1 Å². The van der Waals surface area contributed by atoms with Gasteiger partial charge in [0.1, 0.15) is 15.2 Å². The lowest BCUT2D eigenvalue weighted by Crippen LogP contribution is -2.34. The van der Waals surface area contributed by atoms with Crippen LogP contribution in [-0.2, 0) is 14.6 Å². The van der Waals surface area contributed by atoms with Crippen LogP contribution in [0.25, 0.3) is 0 Å². The van der Waals surface area contributed by atoms with Crippen molar-refractivity contribution in [2.45, 2.75) is 16.4 Å². The fourth-order valence-corrected chi connectivity index (χ4v) is 5.54. The third-order valence-corrected chi connectivity index (χ3v) is 7.73. The van der Waals surface area contributed by atoms with Crippen molar-refractivity contribution in [2.24, 2.45) is 0 Å². The summed E-state index contributed by atoms with van der Waals surface area (Å²) >= 11 is 1.17. The first-order chi connectivity index (χ1) is 13.5. The molecule has 2 aromatic carbocycles. The van der Waals surface area contributed by atoms with Crippen LogP contribution < -0.4 is 10.1 Å². The van der Waals surface area contributed by atoms with Gasteiger partial charge in [-0.1, -0.05) is 54.1 Å². The van der Waals surface area contributed by atoms with E-state index < -0.39 is 15.1 Å². The van der Waals surface area contributed by atoms with Gasteiger partial charge in [-0.15, -0.1) is 11.3 Å². The maximum Gasteiger partial charge on any atom is 0.257 e. The number of sulfone groups is 1. The Labute approximate surface area is 168 Å². The molecule has 1 heterocycles. The Morgan fingerprint density at radius 1 is 1.04 bits per heavy atom. The number of carbonyl (C=O) groups is 1. The van der Waals surface area contributed by atoms with E-state index >= 15 is 0 Å². The summed E-state index contributed by atoms with van der Waals surface area (Å²) in [6, 6.07) is 19.6. The highest BCUT2D eigenvalue weighted by Gasteiger charge is 2.30. The van der Waals surface area contributed by atoms with Gasteiger partial charge in [0.25, 0.3) is 5.91 Å². The quantitative estimate of drug-likeness (QED) is 0.608. The molecule has 7 heteroatoms. The van der Waals surface area contributed by atoms with Crippen LogP contribution in [0.2, 0.25) is 0 Å². The minimum absolute atomic E-state index is 0.0275. The number of hydrogen-bond acceptors (Lipinski definition) is 5. The van der Waals surface area contributed by atoms with Crippen LogP contribution in [0, 0.1) is 6.92 Å².